The summed E-state index contributed by atoms with van der Waals surface area (Å²) in [6, 6.07) is 22.8. The molecule has 0 saturated heterocycles. The SMILES string of the molecule is C[C@@H](CNC(=O)c1ccccc1Oc1ccccc1)c1nc2ccccc2n1C(F)F. The minimum absolute atomic E-state index is 0.147. The minimum Gasteiger partial charge on any atom is -0.457 e. The lowest BCUT2D eigenvalue weighted by Gasteiger charge is -2.16. The molecular formula is C24H21F2N3O2. The molecule has 1 heterocycles. The Morgan fingerprint density at radius 2 is 1.68 bits per heavy atom. The summed E-state index contributed by atoms with van der Waals surface area (Å²) < 4.78 is 34.1. The summed E-state index contributed by atoms with van der Waals surface area (Å²) in [6.45, 7) is -0.818. The van der Waals surface area contributed by atoms with E-state index in [9.17, 15) is 13.6 Å². The summed E-state index contributed by atoms with van der Waals surface area (Å²) in [4.78, 5) is 17.2. The molecule has 7 heteroatoms. The minimum atomic E-state index is -2.72. The van der Waals surface area contributed by atoms with E-state index in [-0.39, 0.29) is 18.3 Å². The molecule has 0 bridgehead atoms. The quantitative estimate of drug-likeness (QED) is 0.413. The van der Waals surface area contributed by atoms with Crippen LogP contribution in [0.4, 0.5) is 8.78 Å². The van der Waals surface area contributed by atoms with Crippen LogP contribution in [0.1, 0.15) is 35.6 Å². The van der Waals surface area contributed by atoms with Crippen LogP contribution in [-0.2, 0) is 0 Å². The van der Waals surface area contributed by atoms with E-state index in [1.54, 1.807) is 67.6 Å². The van der Waals surface area contributed by atoms with Gasteiger partial charge in [0.1, 0.15) is 17.3 Å². The fraction of sp³-hybridized carbons (Fsp3) is 0.167. The van der Waals surface area contributed by atoms with Gasteiger partial charge in [-0.1, -0.05) is 49.4 Å². The van der Waals surface area contributed by atoms with Crippen molar-refractivity contribution in [3.63, 3.8) is 0 Å². The lowest BCUT2D eigenvalue weighted by Crippen LogP contribution is -2.29. The largest absolute Gasteiger partial charge is 0.457 e. The number of amides is 1. The Hall–Kier alpha value is -3.74. The zero-order chi connectivity index (χ0) is 21.8. The Balaban J connectivity index is 1.51. The van der Waals surface area contributed by atoms with Crippen LogP contribution in [0, 0.1) is 0 Å². The number of benzene rings is 3. The maximum absolute atomic E-state index is 13.7. The van der Waals surface area contributed by atoms with Crippen molar-refractivity contribution in [3.8, 4) is 11.5 Å². The van der Waals surface area contributed by atoms with Gasteiger partial charge >= 0.3 is 6.55 Å². The van der Waals surface area contributed by atoms with Gasteiger partial charge in [-0.05, 0) is 36.4 Å². The summed E-state index contributed by atoms with van der Waals surface area (Å²) in [5.74, 6) is 0.483. The van der Waals surface area contributed by atoms with Gasteiger partial charge in [-0.3, -0.25) is 9.36 Å². The lowest BCUT2D eigenvalue weighted by atomic mass is 10.1. The predicted octanol–water partition coefficient (Wildman–Crippen LogP) is 5.76. The van der Waals surface area contributed by atoms with Gasteiger partial charge in [0, 0.05) is 12.5 Å². The summed E-state index contributed by atoms with van der Waals surface area (Å²) in [5, 5.41) is 2.82. The Kier molecular flexibility index (Phi) is 5.93. The first kappa shape index (κ1) is 20.5. The van der Waals surface area contributed by atoms with Crippen molar-refractivity contribution in [2.24, 2.45) is 0 Å². The fourth-order valence-corrected chi connectivity index (χ4v) is 3.41. The first-order valence-electron chi connectivity index (χ1n) is 9.89. The van der Waals surface area contributed by atoms with Crippen molar-refractivity contribution >= 4 is 16.9 Å². The number of fused-ring (bicyclic) bond motifs is 1. The molecule has 0 aliphatic heterocycles. The number of rotatable bonds is 7. The van der Waals surface area contributed by atoms with E-state index in [1.807, 2.05) is 18.2 Å². The van der Waals surface area contributed by atoms with Crippen molar-refractivity contribution in [1.82, 2.24) is 14.9 Å². The number of hydrogen-bond acceptors (Lipinski definition) is 3. The monoisotopic (exact) mass is 421 g/mol. The average Bonchev–Trinajstić information content (AvgIpc) is 3.18. The molecule has 0 unspecified atom stereocenters. The molecule has 158 valence electrons. The molecule has 1 aromatic heterocycles. The third-order valence-electron chi connectivity index (χ3n) is 4.93. The maximum Gasteiger partial charge on any atom is 0.320 e. The van der Waals surface area contributed by atoms with Crippen LogP contribution in [0.3, 0.4) is 0 Å². The Morgan fingerprint density at radius 1 is 1.00 bits per heavy atom. The van der Waals surface area contributed by atoms with E-state index in [0.29, 0.717) is 28.1 Å². The summed E-state index contributed by atoms with van der Waals surface area (Å²) in [7, 11) is 0. The molecule has 0 fully saturated rings. The highest BCUT2D eigenvalue weighted by molar-refractivity contribution is 5.97. The number of nitrogens with zero attached hydrogens (tertiary/aromatic N) is 2. The smallest absolute Gasteiger partial charge is 0.320 e. The van der Waals surface area contributed by atoms with E-state index in [0.717, 1.165) is 4.57 Å². The first-order chi connectivity index (χ1) is 15.0. The molecule has 31 heavy (non-hydrogen) atoms. The number of aromatic nitrogens is 2. The number of hydrogen-bond donors (Lipinski definition) is 1. The predicted molar refractivity (Wildman–Crippen MR) is 115 cm³/mol. The molecule has 4 rings (SSSR count). The number of carbonyl (C=O) groups is 1. The van der Waals surface area contributed by atoms with Gasteiger partial charge in [0.25, 0.3) is 5.91 Å². The number of imidazole rings is 1. The number of nitrogens with one attached hydrogen (secondary N) is 1. The molecule has 1 amide bonds. The zero-order valence-corrected chi connectivity index (χ0v) is 16.8. The van der Waals surface area contributed by atoms with Crippen molar-refractivity contribution in [1.29, 1.82) is 0 Å². The van der Waals surface area contributed by atoms with Gasteiger partial charge in [0.15, 0.2) is 0 Å². The van der Waals surface area contributed by atoms with Crippen LogP contribution in [0.15, 0.2) is 78.9 Å². The summed E-state index contributed by atoms with van der Waals surface area (Å²) in [6.07, 6.45) is 0. The molecule has 3 aromatic carbocycles. The number of halogens is 2. The molecule has 1 atom stereocenters. The Bertz CT molecular complexity index is 1190. The van der Waals surface area contributed by atoms with E-state index in [4.69, 9.17) is 4.74 Å². The lowest BCUT2D eigenvalue weighted by molar-refractivity contribution is 0.0704. The van der Waals surface area contributed by atoms with Gasteiger partial charge in [-0.2, -0.15) is 8.78 Å². The van der Waals surface area contributed by atoms with Crippen LogP contribution >= 0.6 is 0 Å². The van der Waals surface area contributed by atoms with Crippen molar-refractivity contribution in [3.05, 3.63) is 90.3 Å². The third-order valence-corrected chi connectivity index (χ3v) is 4.93. The number of alkyl halides is 2. The van der Waals surface area contributed by atoms with Gasteiger partial charge in [0.05, 0.1) is 16.6 Å². The van der Waals surface area contributed by atoms with Gasteiger partial charge in [0.2, 0.25) is 0 Å². The van der Waals surface area contributed by atoms with Crippen LogP contribution in [-0.4, -0.2) is 22.0 Å². The van der Waals surface area contributed by atoms with Crippen LogP contribution in [0.5, 0.6) is 11.5 Å². The number of carbonyl (C=O) groups excluding carboxylic acids is 1. The van der Waals surface area contributed by atoms with E-state index < -0.39 is 12.5 Å². The van der Waals surface area contributed by atoms with E-state index >= 15 is 0 Å². The highest BCUT2D eigenvalue weighted by Crippen LogP contribution is 2.28. The van der Waals surface area contributed by atoms with Crippen molar-refractivity contribution < 1.29 is 18.3 Å². The Labute approximate surface area is 178 Å². The summed E-state index contributed by atoms with van der Waals surface area (Å²) in [5.41, 5.74) is 1.23. The second kappa shape index (κ2) is 8.95. The maximum atomic E-state index is 13.7. The molecule has 0 aliphatic rings. The molecule has 0 aliphatic carbocycles. The molecule has 0 radical (unpaired) electrons. The molecule has 5 nitrogen and oxygen atoms in total. The van der Waals surface area contributed by atoms with Crippen LogP contribution in [0.25, 0.3) is 11.0 Å². The van der Waals surface area contributed by atoms with Gasteiger partial charge in [-0.25, -0.2) is 4.98 Å². The van der Waals surface area contributed by atoms with E-state index in [1.165, 1.54) is 0 Å². The Morgan fingerprint density at radius 3 is 2.45 bits per heavy atom. The van der Waals surface area contributed by atoms with Crippen LogP contribution < -0.4 is 10.1 Å². The second-order valence-electron chi connectivity index (χ2n) is 7.13. The highest BCUT2D eigenvalue weighted by atomic mass is 19.3. The summed E-state index contributed by atoms with van der Waals surface area (Å²) >= 11 is 0. The average molecular weight is 421 g/mol. The zero-order valence-electron chi connectivity index (χ0n) is 16.8. The molecular weight excluding hydrogens is 400 g/mol. The molecule has 4 aromatic rings. The van der Waals surface area contributed by atoms with Gasteiger partial charge < -0.3 is 10.1 Å². The number of para-hydroxylation sites is 4. The fourth-order valence-electron chi connectivity index (χ4n) is 3.41. The first-order valence-corrected chi connectivity index (χ1v) is 9.89. The normalized spacial score (nSPS) is 12.1. The highest BCUT2D eigenvalue weighted by Gasteiger charge is 2.22. The van der Waals surface area contributed by atoms with Crippen molar-refractivity contribution in [2.45, 2.75) is 19.4 Å². The van der Waals surface area contributed by atoms with E-state index in [2.05, 4.69) is 10.3 Å². The molecule has 0 saturated carbocycles. The molecule has 1 N–H and O–H groups in total. The third kappa shape index (κ3) is 4.40. The van der Waals surface area contributed by atoms with Crippen LogP contribution in [0.2, 0.25) is 0 Å². The molecule has 0 spiro atoms. The standard InChI is InChI=1S/C24H21F2N3O2/c1-16(22-28-19-12-6-7-13-20(19)29(22)24(25)26)15-27-23(30)18-11-5-8-14-21(18)31-17-9-3-2-4-10-17/h2-14,16,24H,15H2,1H3,(H,27,30)/t16-/m0/s1. The number of ether oxygens (including phenoxy) is 1. The van der Waals surface area contributed by atoms with Crippen molar-refractivity contribution in [2.75, 3.05) is 6.54 Å². The van der Waals surface area contributed by atoms with Gasteiger partial charge in [-0.15, -0.1) is 0 Å². The topological polar surface area (TPSA) is 56.1 Å². The second-order valence-corrected chi connectivity index (χ2v) is 7.13.